The fourth-order valence-electron chi connectivity index (χ4n) is 2.38. The SMILES string of the molecule is CCC(C)(C)NS(=O)(=O)c1ccc2c(c1)N(C(C)=O)CC(C)S2. The fourth-order valence-corrected chi connectivity index (χ4v) is 4.97. The van der Waals surface area contributed by atoms with Gasteiger partial charge in [-0.3, -0.25) is 4.79 Å². The fraction of sp³-hybridized carbons (Fsp3) is 0.562. The van der Waals surface area contributed by atoms with E-state index in [1.165, 1.54) is 6.92 Å². The van der Waals surface area contributed by atoms with E-state index < -0.39 is 15.6 Å². The lowest BCUT2D eigenvalue weighted by Gasteiger charge is -2.32. The minimum Gasteiger partial charge on any atom is -0.310 e. The molecule has 1 amide bonds. The van der Waals surface area contributed by atoms with Gasteiger partial charge in [-0.1, -0.05) is 13.8 Å². The van der Waals surface area contributed by atoms with E-state index in [1.807, 2.05) is 20.8 Å². The Morgan fingerprint density at radius 2 is 2.09 bits per heavy atom. The van der Waals surface area contributed by atoms with Crippen molar-refractivity contribution in [1.29, 1.82) is 0 Å². The molecule has 0 fully saturated rings. The van der Waals surface area contributed by atoms with Gasteiger partial charge in [0.25, 0.3) is 0 Å². The molecule has 0 spiro atoms. The van der Waals surface area contributed by atoms with Crippen molar-refractivity contribution in [3.05, 3.63) is 18.2 Å². The van der Waals surface area contributed by atoms with Crippen LogP contribution in [0.25, 0.3) is 0 Å². The number of benzene rings is 1. The normalized spacial score (nSPS) is 18.7. The lowest BCUT2D eigenvalue weighted by molar-refractivity contribution is -0.116. The summed E-state index contributed by atoms with van der Waals surface area (Å²) in [5, 5.41) is 0.283. The van der Waals surface area contributed by atoms with Gasteiger partial charge in [0.05, 0.1) is 10.6 Å². The van der Waals surface area contributed by atoms with Crippen molar-refractivity contribution in [3.63, 3.8) is 0 Å². The van der Waals surface area contributed by atoms with Gasteiger partial charge in [-0.25, -0.2) is 13.1 Å². The Balaban J connectivity index is 2.44. The Kier molecular flexibility index (Phi) is 5.13. The average molecular weight is 357 g/mol. The van der Waals surface area contributed by atoms with Crippen LogP contribution in [0.2, 0.25) is 0 Å². The maximum Gasteiger partial charge on any atom is 0.241 e. The second kappa shape index (κ2) is 6.45. The zero-order chi connectivity index (χ0) is 17.4. The molecule has 1 N–H and O–H groups in total. The number of carbonyl (C=O) groups excluding carboxylic acids is 1. The molecule has 0 radical (unpaired) electrons. The quantitative estimate of drug-likeness (QED) is 0.900. The van der Waals surface area contributed by atoms with Crippen LogP contribution in [0.5, 0.6) is 0 Å². The molecule has 1 heterocycles. The summed E-state index contributed by atoms with van der Waals surface area (Å²) in [5.41, 5.74) is 0.163. The molecule has 0 bridgehead atoms. The summed E-state index contributed by atoms with van der Waals surface area (Å²) < 4.78 is 27.9. The van der Waals surface area contributed by atoms with E-state index in [9.17, 15) is 13.2 Å². The molecule has 1 atom stereocenters. The van der Waals surface area contributed by atoms with Gasteiger partial charge in [-0.05, 0) is 38.5 Å². The van der Waals surface area contributed by atoms with Crippen LogP contribution in [-0.2, 0) is 14.8 Å². The number of sulfonamides is 1. The van der Waals surface area contributed by atoms with Crippen LogP contribution in [0.4, 0.5) is 5.69 Å². The molecular weight excluding hydrogens is 332 g/mol. The molecule has 1 aliphatic heterocycles. The minimum absolute atomic E-state index is 0.0743. The lowest BCUT2D eigenvalue weighted by atomic mass is 10.0. The lowest BCUT2D eigenvalue weighted by Crippen LogP contribution is -2.43. The summed E-state index contributed by atoms with van der Waals surface area (Å²) in [6, 6.07) is 5.00. The zero-order valence-corrected chi connectivity index (χ0v) is 15.8. The second-order valence-corrected chi connectivity index (χ2v) is 9.69. The van der Waals surface area contributed by atoms with Crippen LogP contribution in [-0.4, -0.2) is 31.7 Å². The van der Waals surface area contributed by atoms with Gasteiger partial charge in [0, 0.05) is 29.2 Å². The first kappa shape index (κ1) is 18.3. The topological polar surface area (TPSA) is 66.5 Å². The molecule has 5 nitrogen and oxygen atoms in total. The number of nitrogens with zero attached hydrogens (tertiary/aromatic N) is 1. The summed E-state index contributed by atoms with van der Waals surface area (Å²) in [4.78, 5) is 14.7. The molecule has 0 saturated heterocycles. The van der Waals surface area contributed by atoms with E-state index in [1.54, 1.807) is 34.9 Å². The summed E-state index contributed by atoms with van der Waals surface area (Å²) in [6.07, 6.45) is 0.685. The molecule has 0 saturated carbocycles. The number of anilines is 1. The third-order valence-corrected chi connectivity index (χ3v) is 6.82. The maximum absolute atomic E-state index is 12.6. The summed E-state index contributed by atoms with van der Waals surface area (Å²) >= 11 is 1.66. The number of amides is 1. The van der Waals surface area contributed by atoms with E-state index in [2.05, 4.69) is 11.6 Å². The van der Waals surface area contributed by atoms with Gasteiger partial charge in [0.1, 0.15) is 0 Å². The first-order valence-electron chi connectivity index (χ1n) is 7.68. The van der Waals surface area contributed by atoms with Crippen molar-refractivity contribution in [2.45, 2.75) is 61.6 Å². The number of nitrogens with one attached hydrogen (secondary N) is 1. The van der Waals surface area contributed by atoms with Crippen molar-refractivity contribution in [1.82, 2.24) is 4.72 Å². The third kappa shape index (κ3) is 4.08. The Morgan fingerprint density at radius 1 is 1.43 bits per heavy atom. The van der Waals surface area contributed by atoms with Crippen molar-refractivity contribution in [2.75, 3.05) is 11.4 Å². The van der Waals surface area contributed by atoms with E-state index >= 15 is 0 Å². The van der Waals surface area contributed by atoms with Gasteiger partial charge >= 0.3 is 0 Å². The molecular formula is C16H24N2O3S2. The number of hydrogen-bond acceptors (Lipinski definition) is 4. The monoisotopic (exact) mass is 356 g/mol. The smallest absolute Gasteiger partial charge is 0.241 e. The van der Waals surface area contributed by atoms with E-state index in [4.69, 9.17) is 0 Å². The highest BCUT2D eigenvalue weighted by atomic mass is 32.2. The molecule has 2 rings (SSSR count). The number of rotatable bonds is 4. The molecule has 7 heteroatoms. The third-order valence-electron chi connectivity index (χ3n) is 3.97. The van der Waals surface area contributed by atoms with E-state index in [0.717, 1.165) is 4.90 Å². The largest absolute Gasteiger partial charge is 0.310 e. The molecule has 1 aromatic rings. The first-order chi connectivity index (χ1) is 10.6. The minimum atomic E-state index is -3.62. The molecule has 1 aliphatic rings. The second-order valence-electron chi connectivity index (χ2n) is 6.53. The Hall–Kier alpha value is -1.05. The van der Waals surface area contributed by atoms with Crippen LogP contribution >= 0.6 is 11.8 Å². The van der Waals surface area contributed by atoms with Gasteiger partial charge in [-0.2, -0.15) is 0 Å². The van der Waals surface area contributed by atoms with E-state index in [0.29, 0.717) is 18.7 Å². The molecule has 0 aromatic heterocycles. The molecule has 23 heavy (non-hydrogen) atoms. The summed E-state index contributed by atoms with van der Waals surface area (Å²) in [5.74, 6) is -0.0743. The zero-order valence-electron chi connectivity index (χ0n) is 14.2. The number of hydrogen-bond donors (Lipinski definition) is 1. The molecule has 128 valence electrons. The standard InChI is InChI=1S/C16H24N2O3S2/c1-6-16(4,5)17-23(20,21)13-7-8-15-14(9-13)18(12(3)19)10-11(2)22-15/h7-9,11,17H,6,10H2,1-5H3. The van der Waals surface area contributed by atoms with Gasteiger partial charge in [0.2, 0.25) is 15.9 Å². The van der Waals surface area contributed by atoms with E-state index in [-0.39, 0.29) is 16.1 Å². The summed E-state index contributed by atoms with van der Waals surface area (Å²) in [7, 11) is -3.62. The predicted molar refractivity (Wildman–Crippen MR) is 94.5 cm³/mol. The maximum atomic E-state index is 12.6. The van der Waals surface area contributed by atoms with Crippen LogP contribution in [0.1, 0.15) is 41.0 Å². The van der Waals surface area contributed by atoms with Gasteiger partial charge in [0.15, 0.2) is 0 Å². The van der Waals surface area contributed by atoms with Crippen molar-refractivity contribution >= 4 is 33.4 Å². The Labute approximate surface area is 142 Å². The molecule has 0 aliphatic carbocycles. The molecule has 1 aromatic carbocycles. The summed E-state index contributed by atoms with van der Waals surface area (Å²) in [6.45, 7) is 9.78. The van der Waals surface area contributed by atoms with Crippen LogP contribution in [0, 0.1) is 0 Å². The highest BCUT2D eigenvalue weighted by molar-refractivity contribution is 8.00. The van der Waals surface area contributed by atoms with Crippen LogP contribution in [0.15, 0.2) is 28.0 Å². The average Bonchev–Trinajstić information content (AvgIpc) is 2.44. The molecule has 1 unspecified atom stereocenters. The predicted octanol–water partition coefficient (Wildman–Crippen LogP) is 3.00. The number of carbonyl (C=O) groups is 1. The first-order valence-corrected chi connectivity index (χ1v) is 10.0. The number of fused-ring (bicyclic) bond motifs is 1. The number of thioether (sulfide) groups is 1. The Morgan fingerprint density at radius 3 is 2.65 bits per heavy atom. The highest BCUT2D eigenvalue weighted by Gasteiger charge is 2.29. The van der Waals surface area contributed by atoms with Gasteiger partial charge < -0.3 is 4.90 Å². The van der Waals surface area contributed by atoms with Crippen molar-refractivity contribution in [3.8, 4) is 0 Å². The van der Waals surface area contributed by atoms with Crippen molar-refractivity contribution in [2.24, 2.45) is 0 Å². The van der Waals surface area contributed by atoms with Crippen LogP contribution in [0.3, 0.4) is 0 Å². The van der Waals surface area contributed by atoms with Crippen LogP contribution < -0.4 is 9.62 Å². The highest BCUT2D eigenvalue weighted by Crippen LogP contribution is 2.39. The van der Waals surface area contributed by atoms with Gasteiger partial charge in [-0.15, -0.1) is 11.8 Å². The Bertz CT molecular complexity index is 714. The van der Waals surface area contributed by atoms with Crippen molar-refractivity contribution < 1.29 is 13.2 Å².